The molecule has 11 heavy (non-hydrogen) atoms. The summed E-state index contributed by atoms with van der Waals surface area (Å²) in [6, 6.07) is 8.09. The van der Waals surface area contributed by atoms with Gasteiger partial charge in [-0.15, -0.1) is 0 Å². The Balaban J connectivity index is 2.95. The number of benzene rings is 1. The standard InChI is InChI=1S/C9H8ClN/c1-7-6-11(10)9-5-3-2-4-8(7)9/h2-6H,1H3. The smallest absolute Gasteiger partial charge is 0.0650 e. The third-order valence-corrected chi connectivity index (χ3v) is 2.15. The predicted molar refractivity (Wildman–Crippen MR) is 47.9 cm³/mol. The van der Waals surface area contributed by atoms with E-state index < -0.39 is 0 Å². The van der Waals surface area contributed by atoms with Crippen LogP contribution in [0.3, 0.4) is 0 Å². The molecule has 2 heteroatoms. The maximum Gasteiger partial charge on any atom is 0.0650 e. The van der Waals surface area contributed by atoms with Crippen molar-refractivity contribution < 1.29 is 0 Å². The number of aryl methyl sites for hydroxylation is 1. The highest BCUT2D eigenvalue weighted by molar-refractivity contribution is 6.19. The minimum absolute atomic E-state index is 1.08. The molecule has 0 bridgehead atoms. The molecule has 0 saturated heterocycles. The summed E-state index contributed by atoms with van der Waals surface area (Å²) < 4.78 is 1.63. The van der Waals surface area contributed by atoms with Gasteiger partial charge in [0.15, 0.2) is 0 Å². The van der Waals surface area contributed by atoms with Gasteiger partial charge in [0.25, 0.3) is 0 Å². The van der Waals surface area contributed by atoms with E-state index in [2.05, 4.69) is 13.0 Å². The topological polar surface area (TPSA) is 4.93 Å². The number of aromatic nitrogens is 1. The molecule has 0 aliphatic heterocycles. The Bertz CT molecular complexity index is 353. The number of rotatable bonds is 0. The first kappa shape index (κ1) is 6.74. The van der Waals surface area contributed by atoms with Gasteiger partial charge in [-0.1, -0.05) is 18.2 Å². The van der Waals surface area contributed by atoms with Crippen LogP contribution in [0.2, 0.25) is 0 Å². The van der Waals surface area contributed by atoms with E-state index in [0.717, 1.165) is 5.52 Å². The third-order valence-electron chi connectivity index (χ3n) is 1.87. The van der Waals surface area contributed by atoms with Crippen molar-refractivity contribution in [2.45, 2.75) is 6.92 Å². The molecule has 0 N–H and O–H groups in total. The molecular formula is C9H8ClN. The van der Waals surface area contributed by atoms with Crippen LogP contribution in [0.15, 0.2) is 30.5 Å². The van der Waals surface area contributed by atoms with Crippen molar-refractivity contribution in [3.63, 3.8) is 0 Å². The van der Waals surface area contributed by atoms with Crippen molar-refractivity contribution in [3.8, 4) is 0 Å². The fourth-order valence-electron chi connectivity index (χ4n) is 1.30. The lowest BCUT2D eigenvalue weighted by Crippen LogP contribution is -1.72. The van der Waals surface area contributed by atoms with Crippen LogP contribution >= 0.6 is 11.8 Å². The lowest BCUT2D eigenvalue weighted by Gasteiger charge is -1.90. The van der Waals surface area contributed by atoms with E-state index in [1.807, 2.05) is 24.4 Å². The van der Waals surface area contributed by atoms with Crippen molar-refractivity contribution in [1.82, 2.24) is 4.09 Å². The molecule has 0 spiro atoms. The molecule has 0 radical (unpaired) electrons. The van der Waals surface area contributed by atoms with Gasteiger partial charge < -0.3 is 0 Å². The Labute approximate surface area is 70.3 Å². The van der Waals surface area contributed by atoms with E-state index in [1.54, 1.807) is 4.09 Å². The fourth-order valence-corrected chi connectivity index (χ4v) is 1.60. The van der Waals surface area contributed by atoms with Crippen LogP contribution in [0, 0.1) is 6.92 Å². The van der Waals surface area contributed by atoms with Crippen LogP contribution in [-0.2, 0) is 0 Å². The van der Waals surface area contributed by atoms with Gasteiger partial charge in [-0.05, 0) is 18.6 Å². The highest BCUT2D eigenvalue weighted by Gasteiger charge is 2.00. The molecule has 0 atom stereocenters. The zero-order chi connectivity index (χ0) is 7.84. The van der Waals surface area contributed by atoms with Crippen LogP contribution in [0.4, 0.5) is 0 Å². The molecule has 1 heterocycles. The van der Waals surface area contributed by atoms with Crippen molar-refractivity contribution >= 4 is 22.7 Å². The number of hydrogen-bond donors (Lipinski definition) is 0. The van der Waals surface area contributed by atoms with Crippen molar-refractivity contribution in [2.75, 3.05) is 0 Å². The van der Waals surface area contributed by atoms with E-state index in [4.69, 9.17) is 11.8 Å². The van der Waals surface area contributed by atoms with Crippen molar-refractivity contribution in [3.05, 3.63) is 36.0 Å². The molecule has 0 saturated carbocycles. The van der Waals surface area contributed by atoms with Crippen molar-refractivity contribution in [1.29, 1.82) is 0 Å². The number of nitrogens with zero attached hydrogens (tertiary/aromatic N) is 1. The molecule has 0 amide bonds. The van der Waals surface area contributed by atoms with Crippen LogP contribution in [0.25, 0.3) is 10.9 Å². The second-order valence-electron chi connectivity index (χ2n) is 2.64. The summed E-state index contributed by atoms with van der Waals surface area (Å²) in [7, 11) is 0. The zero-order valence-electron chi connectivity index (χ0n) is 6.21. The zero-order valence-corrected chi connectivity index (χ0v) is 6.97. The van der Waals surface area contributed by atoms with Gasteiger partial charge in [-0.3, -0.25) is 4.09 Å². The SMILES string of the molecule is Cc1cn(Cl)c2ccccc12. The first-order chi connectivity index (χ1) is 5.29. The van der Waals surface area contributed by atoms with Crippen molar-refractivity contribution in [2.24, 2.45) is 0 Å². The minimum Gasteiger partial charge on any atom is -0.260 e. The molecule has 1 aromatic heterocycles. The Morgan fingerprint density at radius 1 is 1.27 bits per heavy atom. The molecule has 1 aromatic carbocycles. The average Bonchev–Trinajstić information content (AvgIpc) is 2.30. The van der Waals surface area contributed by atoms with E-state index in [9.17, 15) is 0 Å². The maximum absolute atomic E-state index is 5.89. The van der Waals surface area contributed by atoms with Gasteiger partial charge in [0, 0.05) is 23.4 Å². The molecule has 0 aliphatic carbocycles. The summed E-state index contributed by atoms with van der Waals surface area (Å²) in [4.78, 5) is 0. The van der Waals surface area contributed by atoms with Crippen LogP contribution < -0.4 is 0 Å². The minimum atomic E-state index is 1.08. The number of hydrogen-bond acceptors (Lipinski definition) is 0. The molecular weight excluding hydrogens is 158 g/mol. The second kappa shape index (κ2) is 2.28. The summed E-state index contributed by atoms with van der Waals surface area (Å²) in [6.45, 7) is 2.06. The molecule has 0 aliphatic rings. The summed E-state index contributed by atoms with van der Waals surface area (Å²) in [5.41, 5.74) is 2.29. The Morgan fingerprint density at radius 2 is 2.00 bits per heavy atom. The fraction of sp³-hybridized carbons (Fsp3) is 0.111. The number of para-hydroxylation sites is 1. The lowest BCUT2D eigenvalue weighted by molar-refractivity contribution is 1.30. The van der Waals surface area contributed by atoms with Crippen LogP contribution in [0.5, 0.6) is 0 Å². The second-order valence-corrected chi connectivity index (χ2v) is 3.00. The molecule has 2 rings (SSSR count). The number of halogens is 1. The van der Waals surface area contributed by atoms with Gasteiger partial charge in [0.1, 0.15) is 0 Å². The van der Waals surface area contributed by atoms with Gasteiger partial charge in [0.2, 0.25) is 0 Å². The monoisotopic (exact) mass is 165 g/mol. The highest BCUT2D eigenvalue weighted by atomic mass is 35.5. The summed E-state index contributed by atoms with van der Waals surface area (Å²) in [5.74, 6) is 0. The molecule has 1 nitrogen and oxygen atoms in total. The largest absolute Gasteiger partial charge is 0.260 e. The first-order valence-corrected chi connectivity index (χ1v) is 3.85. The van der Waals surface area contributed by atoms with Crippen LogP contribution in [-0.4, -0.2) is 4.09 Å². The summed E-state index contributed by atoms with van der Waals surface area (Å²) in [5, 5.41) is 1.22. The van der Waals surface area contributed by atoms with E-state index in [-0.39, 0.29) is 0 Å². The van der Waals surface area contributed by atoms with E-state index in [0.29, 0.717) is 0 Å². The van der Waals surface area contributed by atoms with Gasteiger partial charge in [0.05, 0.1) is 5.52 Å². The van der Waals surface area contributed by atoms with E-state index in [1.165, 1.54) is 10.9 Å². The number of fused-ring (bicyclic) bond motifs is 1. The summed E-state index contributed by atoms with van der Waals surface area (Å²) >= 11 is 5.89. The van der Waals surface area contributed by atoms with Gasteiger partial charge >= 0.3 is 0 Å². The summed E-state index contributed by atoms with van der Waals surface area (Å²) in [6.07, 6.45) is 1.92. The van der Waals surface area contributed by atoms with Gasteiger partial charge in [-0.25, -0.2) is 0 Å². The normalized spacial score (nSPS) is 10.7. The molecule has 0 fully saturated rings. The Morgan fingerprint density at radius 3 is 2.73 bits per heavy atom. The average molecular weight is 166 g/mol. The van der Waals surface area contributed by atoms with E-state index >= 15 is 0 Å². The molecule has 2 aromatic rings. The quantitative estimate of drug-likeness (QED) is 0.566. The van der Waals surface area contributed by atoms with Gasteiger partial charge in [-0.2, -0.15) is 0 Å². The first-order valence-electron chi connectivity index (χ1n) is 3.52. The Hall–Kier alpha value is -0.950. The molecule has 0 unspecified atom stereocenters. The predicted octanol–water partition coefficient (Wildman–Crippen LogP) is 2.95. The molecule has 56 valence electrons. The lowest BCUT2D eigenvalue weighted by atomic mass is 10.2. The highest BCUT2D eigenvalue weighted by Crippen LogP contribution is 2.20. The maximum atomic E-state index is 5.89. The Kier molecular flexibility index (Phi) is 1.40. The third kappa shape index (κ3) is 0.925. The van der Waals surface area contributed by atoms with Crippen LogP contribution in [0.1, 0.15) is 5.56 Å².